The molecule has 21 heavy (non-hydrogen) atoms. The van der Waals surface area contributed by atoms with E-state index in [0.717, 1.165) is 18.8 Å². The van der Waals surface area contributed by atoms with Crippen molar-refractivity contribution < 1.29 is 4.79 Å². The van der Waals surface area contributed by atoms with Gasteiger partial charge in [-0.1, -0.05) is 13.0 Å². The molecular weight excluding hydrogens is 307 g/mol. The Morgan fingerprint density at radius 2 is 1.95 bits per heavy atom. The molecule has 2 rings (SSSR count). The number of hydrogen-bond acceptors (Lipinski definition) is 2. The number of halogens is 2. The van der Waals surface area contributed by atoms with Crippen LogP contribution in [0.1, 0.15) is 24.5 Å². The lowest BCUT2D eigenvalue weighted by Crippen LogP contribution is -2.29. The van der Waals surface area contributed by atoms with E-state index in [1.165, 1.54) is 11.1 Å². The van der Waals surface area contributed by atoms with Gasteiger partial charge < -0.3 is 10.2 Å². The second-order valence-corrected chi connectivity index (χ2v) is 6.63. The van der Waals surface area contributed by atoms with Gasteiger partial charge in [0, 0.05) is 48.9 Å². The van der Waals surface area contributed by atoms with Gasteiger partial charge in [0.25, 0.3) is 0 Å². The highest BCUT2D eigenvalue weighted by Crippen LogP contribution is 2.34. The van der Waals surface area contributed by atoms with Crippen LogP contribution in [0.2, 0.25) is 0 Å². The number of carbonyl (C=O) groups is 1. The van der Waals surface area contributed by atoms with Crippen LogP contribution in [-0.2, 0) is 10.2 Å². The predicted molar refractivity (Wildman–Crippen MR) is 89.8 cm³/mol. The molecule has 1 amide bonds. The Labute approximate surface area is 136 Å². The molecule has 0 saturated carbocycles. The van der Waals surface area contributed by atoms with Crippen LogP contribution >= 0.6 is 23.2 Å². The van der Waals surface area contributed by atoms with Gasteiger partial charge >= 0.3 is 0 Å². The summed E-state index contributed by atoms with van der Waals surface area (Å²) >= 11 is 11.7. The number of nitrogens with one attached hydrogen (secondary N) is 1. The van der Waals surface area contributed by atoms with Crippen LogP contribution in [-0.4, -0.2) is 37.3 Å². The van der Waals surface area contributed by atoms with E-state index in [1.807, 2.05) is 0 Å². The molecule has 1 aliphatic rings. The summed E-state index contributed by atoms with van der Waals surface area (Å²) in [4.78, 5) is 13.7. The van der Waals surface area contributed by atoms with Crippen molar-refractivity contribution in [1.82, 2.24) is 5.32 Å². The zero-order valence-corrected chi connectivity index (χ0v) is 14.1. The maximum Gasteiger partial charge on any atom is 0.220 e. The zero-order chi connectivity index (χ0) is 15.5. The second kappa shape index (κ2) is 6.89. The van der Waals surface area contributed by atoms with Crippen molar-refractivity contribution in [2.24, 2.45) is 0 Å². The minimum atomic E-state index is -0.108. The van der Waals surface area contributed by atoms with E-state index >= 15 is 0 Å². The minimum absolute atomic E-state index is 0.108. The average Bonchev–Trinajstić information content (AvgIpc) is 2.79. The molecule has 3 nitrogen and oxygen atoms in total. The number of hydrogen-bond donors (Lipinski definition) is 1. The molecule has 1 atom stereocenters. The predicted octanol–water partition coefficient (Wildman–Crippen LogP) is 3.06. The SMILES string of the molecule is Cc1cc(N(CCCl)CCCl)ccc1C1(C)CNC(=O)C1. The average molecular weight is 329 g/mol. The fraction of sp³-hybridized carbons (Fsp3) is 0.562. The van der Waals surface area contributed by atoms with Crippen molar-refractivity contribution in [3.05, 3.63) is 29.3 Å². The fourth-order valence-corrected chi connectivity index (χ4v) is 3.47. The Balaban J connectivity index is 2.26. The second-order valence-electron chi connectivity index (χ2n) is 5.88. The van der Waals surface area contributed by atoms with Crippen LogP contribution in [0.3, 0.4) is 0 Å². The van der Waals surface area contributed by atoms with E-state index in [0.29, 0.717) is 24.7 Å². The molecule has 1 aromatic rings. The minimum Gasteiger partial charge on any atom is -0.369 e. The van der Waals surface area contributed by atoms with Gasteiger partial charge in [-0.15, -0.1) is 23.2 Å². The number of alkyl halides is 2. The summed E-state index contributed by atoms with van der Waals surface area (Å²) in [6, 6.07) is 6.42. The first-order valence-electron chi connectivity index (χ1n) is 7.25. The van der Waals surface area contributed by atoms with E-state index in [1.54, 1.807) is 0 Å². The number of anilines is 1. The number of amides is 1. The number of benzene rings is 1. The Bertz CT molecular complexity index is 515. The summed E-state index contributed by atoms with van der Waals surface area (Å²) in [6.45, 7) is 6.52. The van der Waals surface area contributed by atoms with Gasteiger partial charge in [0.05, 0.1) is 0 Å². The van der Waals surface area contributed by atoms with Crippen LogP contribution in [0, 0.1) is 6.92 Å². The molecule has 0 aromatic heterocycles. The van der Waals surface area contributed by atoms with E-state index in [-0.39, 0.29) is 11.3 Å². The Morgan fingerprint density at radius 1 is 1.29 bits per heavy atom. The summed E-state index contributed by atoms with van der Waals surface area (Å²) in [6.07, 6.45) is 0.556. The first-order chi connectivity index (χ1) is 10.00. The topological polar surface area (TPSA) is 32.3 Å². The zero-order valence-electron chi connectivity index (χ0n) is 12.6. The summed E-state index contributed by atoms with van der Waals surface area (Å²) in [5.74, 6) is 1.29. The van der Waals surface area contributed by atoms with Crippen molar-refractivity contribution in [3.8, 4) is 0 Å². The highest BCUT2D eigenvalue weighted by atomic mass is 35.5. The van der Waals surface area contributed by atoms with Gasteiger partial charge in [-0.05, 0) is 30.2 Å². The molecule has 116 valence electrons. The van der Waals surface area contributed by atoms with Crippen molar-refractivity contribution in [2.45, 2.75) is 25.7 Å². The monoisotopic (exact) mass is 328 g/mol. The lowest BCUT2D eigenvalue weighted by atomic mass is 9.79. The number of nitrogens with zero attached hydrogens (tertiary/aromatic N) is 1. The number of carbonyl (C=O) groups excluding carboxylic acids is 1. The highest BCUT2D eigenvalue weighted by Gasteiger charge is 2.36. The summed E-state index contributed by atoms with van der Waals surface area (Å²) in [7, 11) is 0. The Kier molecular flexibility index (Phi) is 5.39. The van der Waals surface area contributed by atoms with Crippen LogP contribution in [0.15, 0.2) is 18.2 Å². The molecule has 1 saturated heterocycles. The molecule has 1 fully saturated rings. The molecule has 0 bridgehead atoms. The maximum absolute atomic E-state index is 11.5. The molecule has 1 N–H and O–H groups in total. The van der Waals surface area contributed by atoms with E-state index in [2.05, 4.69) is 42.3 Å². The van der Waals surface area contributed by atoms with Crippen molar-refractivity contribution in [1.29, 1.82) is 0 Å². The number of aryl methyl sites for hydroxylation is 1. The molecule has 0 spiro atoms. The summed E-state index contributed by atoms with van der Waals surface area (Å²) in [5, 5.41) is 2.93. The smallest absolute Gasteiger partial charge is 0.220 e. The van der Waals surface area contributed by atoms with Gasteiger partial charge in [0.15, 0.2) is 0 Å². The van der Waals surface area contributed by atoms with E-state index in [4.69, 9.17) is 23.2 Å². The highest BCUT2D eigenvalue weighted by molar-refractivity contribution is 6.18. The number of rotatable bonds is 6. The maximum atomic E-state index is 11.5. The van der Waals surface area contributed by atoms with Gasteiger partial charge in [0.2, 0.25) is 5.91 Å². The van der Waals surface area contributed by atoms with Crippen LogP contribution < -0.4 is 10.2 Å². The van der Waals surface area contributed by atoms with Crippen molar-refractivity contribution in [2.75, 3.05) is 36.3 Å². The Hall–Kier alpha value is -0.930. The van der Waals surface area contributed by atoms with Gasteiger partial charge in [0.1, 0.15) is 0 Å². The van der Waals surface area contributed by atoms with Gasteiger partial charge in [-0.2, -0.15) is 0 Å². The third-order valence-electron chi connectivity index (χ3n) is 4.16. The quantitative estimate of drug-likeness (QED) is 0.814. The first-order valence-corrected chi connectivity index (χ1v) is 8.32. The molecular formula is C16H22Cl2N2O. The van der Waals surface area contributed by atoms with Crippen LogP contribution in [0.4, 0.5) is 5.69 Å². The third-order valence-corrected chi connectivity index (χ3v) is 4.50. The molecule has 0 radical (unpaired) electrons. The van der Waals surface area contributed by atoms with Gasteiger partial charge in [-0.25, -0.2) is 0 Å². The fourth-order valence-electron chi connectivity index (χ4n) is 3.06. The van der Waals surface area contributed by atoms with Crippen LogP contribution in [0.25, 0.3) is 0 Å². The molecule has 0 aliphatic carbocycles. The largest absolute Gasteiger partial charge is 0.369 e. The lowest BCUT2D eigenvalue weighted by Gasteiger charge is -2.28. The van der Waals surface area contributed by atoms with Crippen molar-refractivity contribution in [3.63, 3.8) is 0 Å². The Morgan fingerprint density at radius 3 is 2.43 bits per heavy atom. The molecule has 5 heteroatoms. The lowest BCUT2D eigenvalue weighted by molar-refractivity contribution is -0.119. The molecule has 1 aromatic carbocycles. The third kappa shape index (κ3) is 3.64. The molecule has 1 aliphatic heterocycles. The first kappa shape index (κ1) is 16.4. The van der Waals surface area contributed by atoms with Crippen molar-refractivity contribution >= 4 is 34.8 Å². The van der Waals surface area contributed by atoms with Gasteiger partial charge in [-0.3, -0.25) is 4.79 Å². The summed E-state index contributed by atoms with van der Waals surface area (Å²) in [5.41, 5.74) is 3.48. The molecule has 1 heterocycles. The standard InChI is InChI=1S/C16H22Cl2N2O/c1-12-9-13(20(7-5-17)8-6-18)3-4-14(12)16(2)10-15(21)19-11-16/h3-4,9H,5-8,10-11H2,1-2H3,(H,19,21). The van der Waals surface area contributed by atoms with Crippen LogP contribution in [0.5, 0.6) is 0 Å². The summed E-state index contributed by atoms with van der Waals surface area (Å²) < 4.78 is 0. The normalized spacial score (nSPS) is 21.4. The molecule has 1 unspecified atom stereocenters. The van der Waals surface area contributed by atoms with E-state index < -0.39 is 0 Å². The van der Waals surface area contributed by atoms with E-state index in [9.17, 15) is 4.79 Å².